The smallest absolute Gasteiger partial charge is 0.260 e. The summed E-state index contributed by atoms with van der Waals surface area (Å²) < 4.78 is 5.86. The molecule has 0 spiro atoms. The standard InChI is InChI=1S/C35H56N6O3/c1-3-5-7-9-11-13-27-41(28-14-12-10-8-6-4-2)34(42)29-44-33-21-19-32(20-22-33)40-39-31-17-15-30(16-18-31)35(43)38-26-25-37-24-23-36/h15-22,37H,3-14,23-29,36H2,1-2H3,(H,38,43). The van der Waals surface area contributed by atoms with Crippen LogP contribution in [0.4, 0.5) is 11.4 Å². The maximum atomic E-state index is 13.1. The fourth-order valence-electron chi connectivity index (χ4n) is 4.76. The number of ether oxygens (including phenoxy) is 1. The number of nitrogens with zero attached hydrogens (tertiary/aromatic N) is 3. The summed E-state index contributed by atoms with van der Waals surface area (Å²) in [6, 6.07) is 14.2. The molecule has 2 rings (SSSR count). The molecule has 4 N–H and O–H groups in total. The molecule has 0 bridgehead atoms. The molecule has 0 saturated heterocycles. The molecule has 0 fully saturated rings. The average molecular weight is 609 g/mol. The van der Waals surface area contributed by atoms with Gasteiger partial charge < -0.3 is 26.0 Å². The van der Waals surface area contributed by atoms with Gasteiger partial charge in [0.25, 0.3) is 11.8 Å². The number of carbonyl (C=O) groups is 2. The quantitative estimate of drug-likeness (QED) is 0.0806. The van der Waals surface area contributed by atoms with Gasteiger partial charge in [-0.05, 0) is 61.4 Å². The molecule has 0 aliphatic rings. The van der Waals surface area contributed by atoms with Crippen LogP contribution in [0.3, 0.4) is 0 Å². The first kappa shape index (κ1) is 36.9. The summed E-state index contributed by atoms with van der Waals surface area (Å²) in [6.07, 6.45) is 14.5. The molecule has 0 unspecified atom stereocenters. The molecule has 0 heterocycles. The zero-order valence-electron chi connectivity index (χ0n) is 27.2. The van der Waals surface area contributed by atoms with E-state index in [2.05, 4.69) is 34.7 Å². The first-order valence-corrected chi connectivity index (χ1v) is 16.8. The van der Waals surface area contributed by atoms with Crippen LogP contribution in [0, 0.1) is 0 Å². The van der Waals surface area contributed by atoms with Crippen LogP contribution in [0.2, 0.25) is 0 Å². The van der Waals surface area contributed by atoms with Crippen molar-refractivity contribution in [1.82, 2.24) is 15.5 Å². The summed E-state index contributed by atoms with van der Waals surface area (Å²) >= 11 is 0. The van der Waals surface area contributed by atoms with Crippen LogP contribution < -0.4 is 21.1 Å². The van der Waals surface area contributed by atoms with Crippen molar-refractivity contribution in [3.63, 3.8) is 0 Å². The molecule has 0 saturated carbocycles. The van der Waals surface area contributed by atoms with E-state index in [9.17, 15) is 9.59 Å². The van der Waals surface area contributed by atoms with E-state index in [0.29, 0.717) is 42.3 Å². The zero-order chi connectivity index (χ0) is 31.7. The number of carbonyl (C=O) groups excluding carboxylic acids is 2. The topological polar surface area (TPSA) is 121 Å². The largest absolute Gasteiger partial charge is 0.484 e. The summed E-state index contributed by atoms with van der Waals surface area (Å²) in [5, 5.41) is 14.6. The van der Waals surface area contributed by atoms with Gasteiger partial charge in [0.05, 0.1) is 11.4 Å². The Labute approximate surface area is 265 Å². The molecule has 0 radical (unpaired) electrons. The van der Waals surface area contributed by atoms with Crippen molar-refractivity contribution in [2.75, 3.05) is 45.9 Å². The first-order chi connectivity index (χ1) is 21.6. The molecule has 9 nitrogen and oxygen atoms in total. The third kappa shape index (κ3) is 16.5. The highest BCUT2D eigenvalue weighted by atomic mass is 16.5. The Balaban J connectivity index is 1.80. The molecule has 2 amide bonds. The van der Waals surface area contributed by atoms with Gasteiger partial charge in [-0.1, -0.05) is 78.1 Å². The second-order valence-corrected chi connectivity index (χ2v) is 11.2. The van der Waals surface area contributed by atoms with E-state index >= 15 is 0 Å². The summed E-state index contributed by atoms with van der Waals surface area (Å²) in [5.74, 6) is 0.547. The molecule has 244 valence electrons. The number of hydrogen-bond acceptors (Lipinski definition) is 7. The summed E-state index contributed by atoms with van der Waals surface area (Å²) in [7, 11) is 0. The van der Waals surface area contributed by atoms with Crippen molar-refractivity contribution < 1.29 is 14.3 Å². The van der Waals surface area contributed by atoms with E-state index < -0.39 is 0 Å². The highest BCUT2D eigenvalue weighted by Crippen LogP contribution is 2.22. The Morgan fingerprint density at radius 3 is 1.77 bits per heavy atom. The predicted molar refractivity (Wildman–Crippen MR) is 180 cm³/mol. The molecular weight excluding hydrogens is 552 g/mol. The fraction of sp³-hybridized carbons (Fsp3) is 0.600. The number of benzene rings is 2. The molecule has 0 aromatic heterocycles. The Morgan fingerprint density at radius 2 is 1.23 bits per heavy atom. The highest BCUT2D eigenvalue weighted by molar-refractivity contribution is 5.94. The number of unbranched alkanes of at least 4 members (excludes halogenated alkanes) is 10. The van der Waals surface area contributed by atoms with Crippen LogP contribution in [0.5, 0.6) is 5.75 Å². The van der Waals surface area contributed by atoms with Crippen molar-refractivity contribution in [2.45, 2.75) is 90.9 Å². The van der Waals surface area contributed by atoms with E-state index in [1.54, 1.807) is 24.3 Å². The lowest BCUT2D eigenvalue weighted by Crippen LogP contribution is -2.36. The molecular formula is C35H56N6O3. The number of nitrogens with two attached hydrogens (primary N) is 1. The monoisotopic (exact) mass is 608 g/mol. The van der Waals surface area contributed by atoms with Crippen LogP contribution in [-0.4, -0.2) is 62.6 Å². The van der Waals surface area contributed by atoms with Crippen LogP contribution in [0.1, 0.15) is 101 Å². The maximum absolute atomic E-state index is 13.1. The van der Waals surface area contributed by atoms with Gasteiger partial charge >= 0.3 is 0 Å². The molecule has 0 aliphatic heterocycles. The molecule has 2 aromatic rings. The molecule has 0 atom stereocenters. The van der Waals surface area contributed by atoms with E-state index in [-0.39, 0.29) is 18.4 Å². The lowest BCUT2D eigenvalue weighted by atomic mass is 10.1. The van der Waals surface area contributed by atoms with Gasteiger partial charge in [0.1, 0.15) is 5.75 Å². The van der Waals surface area contributed by atoms with Gasteiger partial charge in [-0.2, -0.15) is 10.2 Å². The van der Waals surface area contributed by atoms with Gasteiger partial charge in [0.2, 0.25) is 0 Å². The maximum Gasteiger partial charge on any atom is 0.260 e. The number of amides is 2. The van der Waals surface area contributed by atoms with Crippen LogP contribution in [0.25, 0.3) is 0 Å². The third-order valence-corrected chi connectivity index (χ3v) is 7.43. The van der Waals surface area contributed by atoms with Crippen molar-refractivity contribution in [1.29, 1.82) is 0 Å². The fourth-order valence-corrected chi connectivity index (χ4v) is 4.76. The van der Waals surface area contributed by atoms with Gasteiger partial charge in [-0.15, -0.1) is 0 Å². The van der Waals surface area contributed by atoms with Crippen LogP contribution >= 0.6 is 0 Å². The first-order valence-electron chi connectivity index (χ1n) is 16.8. The van der Waals surface area contributed by atoms with Crippen molar-refractivity contribution in [3.05, 3.63) is 54.1 Å². The summed E-state index contributed by atoms with van der Waals surface area (Å²) in [4.78, 5) is 27.3. The van der Waals surface area contributed by atoms with E-state index in [1.807, 2.05) is 29.2 Å². The Morgan fingerprint density at radius 1 is 0.705 bits per heavy atom. The summed E-state index contributed by atoms with van der Waals surface area (Å²) in [5.41, 5.74) is 7.32. The van der Waals surface area contributed by atoms with Crippen LogP contribution in [0.15, 0.2) is 58.8 Å². The van der Waals surface area contributed by atoms with Crippen molar-refractivity contribution in [2.24, 2.45) is 16.0 Å². The molecule has 9 heteroatoms. The second-order valence-electron chi connectivity index (χ2n) is 11.2. The number of hydrogen-bond donors (Lipinski definition) is 3. The lowest BCUT2D eigenvalue weighted by Gasteiger charge is -2.23. The SMILES string of the molecule is CCCCCCCCN(CCCCCCCC)C(=O)COc1ccc(N=Nc2ccc(C(=O)NCCNCCN)cc2)cc1. The molecule has 0 aliphatic carbocycles. The molecule has 2 aromatic carbocycles. The normalized spacial score (nSPS) is 11.2. The minimum absolute atomic E-state index is 0.0384. The average Bonchev–Trinajstić information content (AvgIpc) is 3.05. The van der Waals surface area contributed by atoms with Crippen molar-refractivity contribution in [3.8, 4) is 5.75 Å². The number of rotatable bonds is 25. The highest BCUT2D eigenvalue weighted by Gasteiger charge is 2.14. The van der Waals surface area contributed by atoms with Crippen LogP contribution in [-0.2, 0) is 4.79 Å². The minimum atomic E-state index is -0.134. The van der Waals surface area contributed by atoms with E-state index in [4.69, 9.17) is 10.5 Å². The third-order valence-electron chi connectivity index (χ3n) is 7.43. The Kier molecular flexibility index (Phi) is 20.2. The van der Waals surface area contributed by atoms with Gasteiger partial charge in [0, 0.05) is 44.8 Å². The number of azo groups is 1. The summed E-state index contributed by atoms with van der Waals surface area (Å²) in [6.45, 7) is 8.61. The van der Waals surface area contributed by atoms with E-state index in [1.165, 1.54) is 64.2 Å². The number of nitrogens with one attached hydrogen (secondary N) is 2. The zero-order valence-corrected chi connectivity index (χ0v) is 27.2. The lowest BCUT2D eigenvalue weighted by molar-refractivity contribution is -0.133. The second kappa shape index (κ2) is 24.1. The minimum Gasteiger partial charge on any atom is -0.484 e. The van der Waals surface area contributed by atoms with E-state index in [0.717, 1.165) is 32.5 Å². The van der Waals surface area contributed by atoms with Gasteiger partial charge in [-0.3, -0.25) is 9.59 Å². The van der Waals surface area contributed by atoms with Gasteiger partial charge in [0.15, 0.2) is 6.61 Å². The van der Waals surface area contributed by atoms with Crippen molar-refractivity contribution >= 4 is 23.2 Å². The molecule has 44 heavy (non-hydrogen) atoms. The predicted octanol–water partition coefficient (Wildman–Crippen LogP) is 7.31. The van der Waals surface area contributed by atoms with Gasteiger partial charge in [-0.25, -0.2) is 0 Å². The Hall–Kier alpha value is -3.30. The Bertz CT molecular complexity index is 1040.